The van der Waals surface area contributed by atoms with Gasteiger partial charge in [0.15, 0.2) is 11.6 Å². The second kappa shape index (κ2) is 29.2. The molecule has 0 spiro atoms. The first kappa shape index (κ1) is 55.8. The number of thiol groups is 1. The molecular weight excluding hydrogens is 878 g/mol. The van der Waals surface area contributed by atoms with Gasteiger partial charge in [0.25, 0.3) is 0 Å². The van der Waals surface area contributed by atoms with Crippen molar-refractivity contribution in [2.24, 2.45) is 23.5 Å². The van der Waals surface area contributed by atoms with E-state index in [1.54, 1.807) is 24.3 Å². The maximum absolute atomic E-state index is 14.0. The molecule has 2 aromatic rings. The van der Waals surface area contributed by atoms with Gasteiger partial charge in [0.1, 0.15) is 11.8 Å². The number of amides is 4. The van der Waals surface area contributed by atoms with E-state index in [1.165, 1.54) is 24.3 Å². The van der Waals surface area contributed by atoms with Gasteiger partial charge in [0.2, 0.25) is 23.6 Å². The molecule has 0 radical (unpaired) electrons. The van der Waals surface area contributed by atoms with Crippen molar-refractivity contribution < 1.29 is 67.0 Å². The van der Waals surface area contributed by atoms with Crippen LogP contribution in [0.5, 0.6) is 0 Å². The number of hydrogen-bond donors (Lipinski definition) is 9. The Morgan fingerprint density at radius 2 is 1.58 bits per heavy atom. The zero-order valence-electron chi connectivity index (χ0n) is 36.7. The number of ketones is 3. The van der Waals surface area contributed by atoms with E-state index < -0.39 is 105 Å². The van der Waals surface area contributed by atoms with E-state index in [2.05, 4.69) is 43.1 Å². The molecule has 64 heavy (non-hydrogen) atoms. The number of phosphoric ester groups is 1. The Morgan fingerprint density at radius 3 is 2.16 bits per heavy atom. The molecule has 0 aliphatic carbocycles. The van der Waals surface area contributed by atoms with Gasteiger partial charge in [0.05, 0.1) is 82.4 Å². The number of rotatable bonds is 33. The van der Waals surface area contributed by atoms with Crippen LogP contribution in [0.4, 0.5) is 0 Å². The first-order chi connectivity index (χ1) is 30.2. The van der Waals surface area contributed by atoms with Crippen molar-refractivity contribution in [2.75, 3.05) is 51.9 Å². The fourth-order valence-electron chi connectivity index (χ4n) is 6.40. The Labute approximate surface area is 378 Å². The summed E-state index contributed by atoms with van der Waals surface area (Å²) in [6.07, 6.45) is 0.429. The number of hydrogen-bond acceptors (Lipinski definition) is 15. The summed E-state index contributed by atoms with van der Waals surface area (Å²) < 4.78 is 27.0. The Hall–Kier alpha value is -4.38. The summed E-state index contributed by atoms with van der Waals surface area (Å²) in [5, 5.41) is 17.9. The fourth-order valence-corrected chi connectivity index (χ4v) is 7.15. The smallest absolute Gasteiger partial charge is 0.394 e. The van der Waals surface area contributed by atoms with E-state index in [1.807, 2.05) is 19.9 Å². The summed E-state index contributed by atoms with van der Waals surface area (Å²) in [6.45, 7) is 5.66. The maximum Gasteiger partial charge on any atom is 0.469 e. The maximum atomic E-state index is 14.0. The summed E-state index contributed by atoms with van der Waals surface area (Å²) in [6, 6.07) is 5.65. The number of Topliss-reactive ketones (excluding diaryl/α,β-unsaturated/α-hetero) is 3. The van der Waals surface area contributed by atoms with Gasteiger partial charge in [-0.3, -0.25) is 38.1 Å². The number of nitrogens with two attached hydrogens (primary N) is 1. The van der Waals surface area contributed by atoms with Crippen LogP contribution in [0.15, 0.2) is 42.9 Å². The Kier molecular flexibility index (Phi) is 25.4. The highest BCUT2D eigenvalue weighted by Gasteiger charge is 2.35. The van der Waals surface area contributed by atoms with Gasteiger partial charge >= 0.3 is 7.82 Å². The van der Waals surface area contributed by atoms with Crippen LogP contribution >= 0.6 is 20.5 Å². The second-order valence-electron chi connectivity index (χ2n) is 15.6. The van der Waals surface area contributed by atoms with Crippen LogP contribution in [0.1, 0.15) is 64.6 Å². The third kappa shape index (κ3) is 22.0. The SMILES string of the molecule is CC(=O)[C@@H](CC(=O)[C@H](CO)NC(=O)[C@@H](CC(=O)[C@H](CC(C)C)NC(=O)CN(Cc1ccccc1)C(=O)CCOCCOCCNC(=O)[C@@H](N)CS)Cc1cnc[nH]1)[C@@H](C)OP(=O)(O)O. The number of imidazole rings is 1. The first-order valence-corrected chi connectivity index (χ1v) is 23.0. The van der Waals surface area contributed by atoms with Crippen LogP contribution in [0.2, 0.25) is 0 Å². The molecule has 0 bridgehead atoms. The van der Waals surface area contributed by atoms with Gasteiger partial charge in [-0.05, 0) is 31.7 Å². The van der Waals surface area contributed by atoms with Gasteiger partial charge < -0.3 is 55.9 Å². The molecular formula is C41H64N7O14PS. The average molecular weight is 942 g/mol. The third-order valence-corrected chi connectivity index (χ3v) is 10.8. The highest BCUT2D eigenvalue weighted by atomic mass is 32.1. The van der Waals surface area contributed by atoms with Crippen molar-refractivity contribution >= 4 is 61.4 Å². The number of ether oxygens (including phenoxy) is 2. The topological polar surface area (TPSA) is 319 Å². The monoisotopic (exact) mass is 941 g/mol. The van der Waals surface area contributed by atoms with Crippen LogP contribution < -0.4 is 21.7 Å². The number of aliphatic hydroxyl groups excluding tert-OH is 1. The summed E-state index contributed by atoms with van der Waals surface area (Å²) in [4.78, 5) is 119. The molecule has 0 fully saturated rings. The predicted molar refractivity (Wildman–Crippen MR) is 235 cm³/mol. The zero-order chi connectivity index (χ0) is 47.8. The summed E-state index contributed by atoms with van der Waals surface area (Å²) in [5.74, 6) is -6.48. The lowest BCUT2D eigenvalue weighted by atomic mass is 9.89. The minimum absolute atomic E-state index is 0.0288. The highest BCUT2D eigenvalue weighted by Crippen LogP contribution is 2.39. The third-order valence-electron chi connectivity index (χ3n) is 9.79. The molecule has 0 aliphatic heterocycles. The Balaban J connectivity index is 2.14. The summed E-state index contributed by atoms with van der Waals surface area (Å²) in [5.41, 5.74) is 6.83. The van der Waals surface area contributed by atoms with Crippen LogP contribution in [-0.4, -0.2) is 147 Å². The number of H-pyrrole nitrogens is 1. The normalized spacial score (nSPS) is 14.4. The highest BCUT2D eigenvalue weighted by molar-refractivity contribution is 7.80. The summed E-state index contributed by atoms with van der Waals surface area (Å²) in [7, 11) is -5.02. The number of carbonyl (C=O) groups is 7. The molecule has 0 unspecified atom stereocenters. The standard InChI is InChI=1S/C41H64N7O14PS/c1-26(2)16-34(46-38(53)22-48(21-29-8-6-5-7-9-29)39(54)10-12-60-14-15-61-13-11-44-41(56)33(42)24-64)36(51)18-30(17-31-20-43-25-45-31)40(55)47-35(23-49)37(52)19-32(27(3)50)28(4)62-63(57,58)59/h5-9,20,25-26,28,30,32-35,49,64H,10-19,21-24,42H2,1-4H3,(H,43,45)(H,44,56)(H,46,53)(H,47,55)(H2,57,58,59)/t28-,30-,32-,33+,34+,35+/m1/s1. The van der Waals surface area contributed by atoms with Crippen molar-refractivity contribution in [1.82, 2.24) is 30.8 Å². The van der Waals surface area contributed by atoms with E-state index >= 15 is 0 Å². The van der Waals surface area contributed by atoms with Crippen molar-refractivity contribution in [1.29, 1.82) is 0 Å². The van der Waals surface area contributed by atoms with Crippen LogP contribution in [-0.2, 0) is 65.1 Å². The molecule has 0 saturated heterocycles. The molecule has 358 valence electrons. The van der Waals surface area contributed by atoms with Gasteiger partial charge in [-0.25, -0.2) is 9.55 Å². The molecule has 1 aromatic carbocycles. The average Bonchev–Trinajstić information content (AvgIpc) is 3.75. The van der Waals surface area contributed by atoms with E-state index in [0.29, 0.717) is 5.69 Å². The van der Waals surface area contributed by atoms with Crippen molar-refractivity contribution in [3.05, 3.63) is 54.1 Å². The van der Waals surface area contributed by atoms with Gasteiger partial charge in [-0.15, -0.1) is 0 Å². The largest absolute Gasteiger partial charge is 0.469 e. The number of phosphoric acid groups is 1. The van der Waals surface area contributed by atoms with Crippen LogP contribution in [0.25, 0.3) is 0 Å². The van der Waals surface area contributed by atoms with E-state index in [0.717, 1.165) is 12.5 Å². The first-order valence-electron chi connectivity index (χ1n) is 20.8. The number of benzene rings is 1. The number of carbonyl (C=O) groups excluding carboxylic acids is 7. The minimum Gasteiger partial charge on any atom is -0.394 e. The number of nitrogens with zero attached hydrogens (tertiary/aromatic N) is 2. The number of aromatic amines is 1. The predicted octanol–water partition coefficient (Wildman–Crippen LogP) is 0.0232. The van der Waals surface area contributed by atoms with Crippen LogP contribution in [0.3, 0.4) is 0 Å². The van der Waals surface area contributed by atoms with Gasteiger partial charge in [0, 0.05) is 50.0 Å². The Morgan fingerprint density at radius 1 is 0.922 bits per heavy atom. The molecule has 0 saturated carbocycles. The second-order valence-corrected chi connectivity index (χ2v) is 17.2. The molecule has 6 atom stereocenters. The number of aromatic nitrogens is 2. The Bertz CT molecular complexity index is 1840. The lowest BCUT2D eigenvalue weighted by molar-refractivity contribution is -0.138. The lowest BCUT2D eigenvalue weighted by Crippen LogP contribution is -2.50. The molecule has 4 amide bonds. The summed E-state index contributed by atoms with van der Waals surface area (Å²) >= 11 is 3.98. The van der Waals surface area contributed by atoms with Crippen LogP contribution in [0, 0.1) is 17.8 Å². The van der Waals surface area contributed by atoms with E-state index in [-0.39, 0.29) is 76.4 Å². The molecule has 21 nitrogen and oxygen atoms in total. The molecule has 1 aromatic heterocycles. The van der Waals surface area contributed by atoms with E-state index in [9.17, 15) is 53.0 Å². The quantitative estimate of drug-likeness (QED) is 0.0259. The fraction of sp³-hybridized carbons (Fsp3) is 0.610. The zero-order valence-corrected chi connectivity index (χ0v) is 38.5. The molecule has 0 aliphatic rings. The lowest BCUT2D eigenvalue weighted by Gasteiger charge is -2.27. The minimum atomic E-state index is -5.02. The number of nitrogens with one attached hydrogen (secondary N) is 4. The van der Waals surface area contributed by atoms with Gasteiger partial charge in [-0.2, -0.15) is 12.6 Å². The van der Waals surface area contributed by atoms with Crippen molar-refractivity contribution in [3.63, 3.8) is 0 Å². The molecule has 23 heteroatoms. The van der Waals surface area contributed by atoms with E-state index in [4.69, 9.17) is 15.2 Å². The molecule has 9 N–H and O–H groups in total. The van der Waals surface area contributed by atoms with Crippen molar-refractivity contribution in [2.45, 2.75) is 90.6 Å². The van der Waals surface area contributed by atoms with Crippen molar-refractivity contribution in [3.8, 4) is 0 Å². The number of aliphatic hydroxyl groups is 1. The molecule has 2 rings (SSSR count). The van der Waals surface area contributed by atoms with Gasteiger partial charge in [-0.1, -0.05) is 44.2 Å². The molecule has 1 heterocycles.